The number of para-hydroxylation sites is 2. The van der Waals surface area contributed by atoms with Gasteiger partial charge in [-0.3, -0.25) is 9.59 Å². The fourth-order valence-corrected chi connectivity index (χ4v) is 8.70. The van der Waals surface area contributed by atoms with E-state index in [0.29, 0.717) is 47.6 Å². The average molecular weight is 854 g/mol. The van der Waals surface area contributed by atoms with Gasteiger partial charge in [0, 0.05) is 47.5 Å². The molecule has 9 rings (SSSR count). The van der Waals surface area contributed by atoms with Gasteiger partial charge in [0.15, 0.2) is 12.2 Å². The summed E-state index contributed by atoms with van der Waals surface area (Å²) in [5.74, 6) is -1.27. The predicted octanol–water partition coefficient (Wildman–Crippen LogP) is 6.54. The van der Waals surface area contributed by atoms with Gasteiger partial charge in [-0.15, -0.1) is 0 Å². The van der Waals surface area contributed by atoms with Gasteiger partial charge in [0.05, 0.1) is 42.3 Å². The van der Waals surface area contributed by atoms with Gasteiger partial charge in [0.25, 0.3) is 11.8 Å². The lowest BCUT2D eigenvalue weighted by molar-refractivity contribution is -0.130. The van der Waals surface area contributed by atoms with Crippen LogP contribution >= 0.6 is 15.9 Å². The monoisotopic (exact) mass is 852 g/mol. The molecular formula is C44H43BrF2N6O5. The number of amides is 2. The molecule has 0 spiro atoms. The molecule has 5 atom stereocenters. The number of ether oxygens (including phenoxy) is 2. The Morgan fingerprint density at radius 1 is 0.793 bits per heavy atom. The fourth-order valence-electron chi connectivity index (χ4n) is 8.29. The highest BCUT2D eigenvalue weighted by Crippen LogP contribution is 2.41. The molecule has 4 aliphatic rings. The highest BCUT2D eigenvalue weighted by molar-refractivity contribution is 9.10. The summed E-state index contributed by atoms with van der Waals surface area (Å²) in [4.78, 5) is 31.2. The van der Waals surface area contributed by atoms with Crippen LogP contribution in [0.25, 0.3) is 5.69 Å². The van der Waals surface area contributed by atoms with Crippen LogP contribution in [0.15, 0.2) is 102 Å². The van der Waals surface area contributed by atoms with Crippen LogP contribution in [0.4, 0.5) is 20.2 Å². The third-order valence-corrected chi connectivity index (χ3v) is 12.0. The summed E-state index contributed by atoms with van der Waals surface area (Å²) >= 11 is 3.14. The van der Waals surface area contributed by atoms with Gasteiger partial charge >= 0.3 is 0 Å². The van der Waals surface area contributed by atoms with Crippen molar-refractivity contribution in [3.63, 3.8) is 0 Å². The molecule has 11 nitrogen and oxygen atoms in total. The van der Waals surface area contributed by atoms with Crippen LogP contribution in [-0.4, -0.2) is 70.2 Å². The minimum atomic E-state index is -0.993. The molecule has 2 aliphatic carbocycles. The van der Waals surface area contributed by atoms with E-state index in [4.69, 9.17) is 9.47 Å². The van der Waals surface area contributed by atoms with Crippen molar-refractivity contribution in [2.75, 3.05) is 22.9 Å². The molecule has 2 fully saturated rings. The van der Waals surface area contributed by atoms with Gasteiger partial charge in [0.1, 0.15) is 23.1 Å². The third kappa shape index (κ3) is 7.99. The molecule has 1 aromatic heterocycles. The first-order valence-corrected chi connectivity index (χ1v) is 20.5. The molecule has 4 aromatic carbocycles. The van der Waals surface area contributed by atoms with E-state index >= 15 is 0 Å². The molecule has 2 saturated carbocycles. The SMILES string of the molecule is O=C(NC1CC1)C1CN(Cc2ccc(-n3cccn3)cc2)c2ccc(C3CCC[C@H](NC(=O)C4CN(Cc5c(F)cc(Br)cc5F)c5ccccc5O4)[C@H]3O)cc2O1. The van der Waals surface area contributed by atoms with E-state index in [1.807, 2.05) is 42.6 Å². The highest BCUT2D eigenvalue weighted by Gasteiger charge is 2.39. The average Bonchev–Trinajstić information content (AvgIpc) is 3.87. The number of carbonyl (C=O) groups excluding carboxylic acids is 2. The second-order valence-electron chi connectivity index (χ2n) is 15.6. The van der Waals surface area contributed by atoms with Gasteiger partial charge in [-0.25, -0.2) is 13.5 Å². The van der Waals surface area contributed by atoms with E-state index in [1.165, 1.54) is 12.1 Å². The molecule has 300 valence electrons. The zero-order valence-electron chi connectivity index (χ0n) is 31.6. The number of benzene rings is 4. The predicted molar refractivity (Wildman–Crippen MR) is 217 cm³/mol. The number of hydrogen-bond donors (Lipinski definition) is 3. The van der Waals surface area contributed by atoms with E-state index in [-0.39, 0.29) is 36.5 Å². The molecule has 58 heavy (non-hydrogen) atoms. The van der Waals surface area contributed by atoms with Gasteiger partial charge in [-0.1, -0.05) is 52.7 Å². The number of carbonyl (C=O) groups is 2. The van der Waals surface area contributed by atoms with E-state index in [9.17, 15) is 23.5 Å². The van der Waals surface area contributed by atoms with Crippen molar-refractivity contribution in [3.8, 4) is 17.2 Å². The smallest absolute Gasteiger partial charge is 0.263 e. The van der Waals surface area contributed by atoms with Crippen molar-refractivity contribution in [2.45, 2.75) is 81.5 Å². The number of nitrogens with one attached hydrogen (secondary N) is 2. The highest BCUT2D eigenvalue weighted by atomic mass is 79.9. The molecule has 5 aromatic rings. The maximum absolute atomic E-state index is 14.9. The van der Waals surface area contributed by atoms with Gasteiger partial charge < -0.3 is 35.0 Å². The zero-order valence-corrected chi connectivity index (χ0v) is 33.2. The normalized spacial score (nSPS) is 22.6. The summed E-state index contributed by atoms with van der Waals surface area (Å²) in [7, 11) is 0. The lowest BCUT2D eigenvalue weighted by atomic mass is 9.78. The summed E-state index contributed by atoms with van der Waals surface area (Å²) in [5, 5.41) is 22.3. The minimum Gasteiger partial charge on any atom is -0.477 e. The quantitative estimate of drug-likeness (QED) is 0.145. The standard InChI is InChI=1S/C44H43BrF2N6O5/c45-28-20-33(46)32(34(47)21-28)23-52-25-41(57-38-8-2-1-7-36(38)52)44(56)50-35-6-3-5-31(42(35)54)27-11-16-37-39(19-27)58-40(43(55)49-29-12-13-29)24-51(37)22-26-9-14-30(15-10-26)53-18-4-17-48-53/h1-2,4,7-11,14-21,29,31,35,40-42,54H,3,5-6,12-13,22-25H2,(H,49,55)(H,50,56)/t31?,35-,40?,41?,42-/m0/s1. The Morgan fingerprint density at radius 3 is 2.21 bits per heavy atom. The third-order valence-electron chi connectivity index (χ3n) is 11.5. The van der Waals surface area contributed by atoms with Crippen molar-refractivity contribution in [1.82, 2.24) is 20.4 Å². The van der Waals surface area contributed by atoms with Crippen LogP contribution in [0, 0.1) is 11.6 Å². The number of aliphatic hydroxyl groups is 1. The summed E-state index contributed by atoms with van der Waals surface area (Å²) in [6.07, 6.45) is 4.94. The second kappa shape index (κ2) is 16.1. The van der Waals surface area contributed by atoms with Gasteiger partial charge in [-0.05, 0) is 91.4 Å². The summed E-state index contributed by atoms with van der Waals surface area (Å²) < 4.78 is 44.5. The molecule has 0 saturated heterocycles. The maximum atomic E-state index is 14.9. The van der Waals surface area contributed by atoms with Crippen molar-refractivity contribution in [1.29, 1.82) is 0 Å². The van der Waals surface area contributed by atoms with Crippen LogP contribution in [-0.2, 0) is 22.7 Å². The Bertz CT molecular complexity index is 2290. The Labute approximate surface area is 343 Å². The lowest BCUT2D eigenvalue weighted by Gasteiger charge is -2.39. The summed E-state index contributed by atoms with van der Waals surface area (Å²) in [6, 6.07) is 25.1. The molecule has 2 aliphatic heterocycles. The number of halogens is 3. The summed E-state index contributed by atoms with van der Waals surface area (Å²) in [6.45, 7) is 0.875. The molecular weight excluding hydrogens is 810 g/mol. The Balaban J connectivity index is 0.912. The lowest BCUT2D eigenvalue weighted by Crippen LogP contribution is -2.55. The van der Waals surface area contributed by atoms with Crippen LogP contribution in [0.2, 0.25) is 0 Å². The number of hydrogen-bond acceptors (Lipinski definition) is 8. The fraction of sp³-hybridized carbons (Fsp3) is 0.341. The Morgan fingerprint density at radius 2 is 1.48 bits per heavy atom. The molecule has 3 N–H and O–H groups in total. The Kier molecular flexibility index (Phi) is 10.5. The van der Waals surface area contributed by atoms with Crippen LogP contribution in [0.1, 0.15) is 54.7 Å². The zero-order chi connectivity index (χ0) is 39.9. The number of aromatic nitrogens is 2. The first kappa shape index (κ1) is 38.1. The first-order chi connectivity index (χ1) is 28.2. The molecule has 14 heteroatoms. The van der Waals surface area contributed by atoms with E-state index in [0.717, 1.165) is 41.8 Å². The van der Waals surface area contributed by atoms with E-state index < -0.39 is 41.9 Å². The number of aliphatic hydroxyl groups excluding tert-OH is 1. The Hall–Kier alpha value is -5.47. The number of fused-ring (bicyclic) bond motifs is 2. The van der Waals surface area contributed by atoms with Gasteiger partial charge in [-0.2, -0.15) is 5.10 Å². The summed E-state index contributed by atoms with van der Waals surface area (Å²) in [5.41, 5.74) is 4.23. The van der Waals surface area contributed by atoms with E-state index in [2.05, 4.69) is 48.7 Å². The van der Waals surface area contributed by atoms with Crippen molar-refractivity contribution in [3.05, 3.63) is 130 Å². The van der Waals surface area contributed by atoms with Crippen molar-refractivity contribution in [2.24, 2.45) is 0 Å². The van der Waals surface area contributed by atoms with Crippen LogP contribution in [0.3, 0.4) is 0 Å². The second-order valence-corrected chi connectivity index (χ2v) is 16.5. The molecule has 0 radical (unpaired) electrons. The maximum Gasteiger partial charge on any atom is 0.263 e. The number of rotatable bonds is 10. The van der Waals surface area contributed by atoms with Gasteiger partial charge in [0.2, 0.25) is 0 Å². The van der Waals surface area contributed by atoms with Crippen molar-refractivity contribution >= 4 is 39.1 Å². The number of anilines is 2. The van der Waals surface area contributed by atoms with Crippen LogP contribution in [0.5, 0.6) is 11.5 Å². The molecule has 3 heterocycles. The molecule has 0 bridgehead atoms. The largest absolute Gasteiger partial charge is 0.477 e. The minimum absolute atomic E-state index is 0.0483. The molecule has 2 amide bonds. The van der Waals surface area contributed by atoms with Crippen molar-refractivity contribution < 1.29 is 33.0 Å². The number of nitrogens with zero attached hydrogens (tertiary/aromatic N) is 4. The van der Waals surface area contributed by atoms with E-state index in [1.54, 1.807) is 40.0 Å². The first-order valence-electron chi connectivity index (χ1n) is 19.7. The molecule has 3 unspecified atom stereocenters. The topological polar surface area (TPSA) is 121 Å². The van der Waals surface area contributed by atoms with Crippen LogP contribution < -0.4 is 29.9 Å².